The Morgan fingerprint density at radius 3 is 2.22 bits per heavy atom. The van der Waals surface area contributed by atoms with Gasteiger partial charge in [0.2, 0.25) is 0 Å². The summed E-state index contributed by atoms with van der Waals surface area (Å²) < 4.78 is 28.0. The lowest BCUT2D eigenvalue weighted by molar-refractivity contribution is 0.252. The van der Waals surface area contributed by atoms with Gasteiger partial charge in [-0.15, -0.1) is 0 Å². The zero-order chi connectivity index (χ0) is 17.5. The molecule has 0 aliphatic heterocycles. The van der Waals surface area contributed by atoms with Gasteiger partial charge in [0.15, 0.2) is 0 Å². The fourth-order valence-corrected chi connectivity index (χ4v) is 4.64. The summed E-state index contributed by atoms with van der Waals surface area (Å²) in [6, 6.07) is 10.2. The van der Waals surface area contributed by atoms with Crippen molar-refractivity contribution in [2.75, 3.05) is 6.26 Å². The van der Waals surface area contributed by atoms with E-state index in [0.29, 0.717) is 6.42 Å². The maximum absolute atomic E-state index is 11.4. The molecule has 2 unspecified atom stereocenters. The van der Waals surface area contributed by atoms with Gasteiger partial charge >= 0.3 is 0 Å². The van der Waals surface area contributed by atoms with Crippen LogP contribution in [0.2, 0.25) is 19.6 Å². The SMILES string of the molecule is CCCCC(C#CC(c1ccccc1)[Si](C)(C)C)OS(C)(=O)=O. The van der Waals surface area contributed by atoms with E-state index in [0.717, 1.165) is 19.1 Å². The quantitative estimate of drug-likeness (QED) is 0.420. The van der Waals surface area contributed by atoms with Gasteiger partial charge in [0.25, 0.3) is 10.1 Å². The smallest absolute Gasteiger partial charge is 0.254 e. The average Bonchev–Trinajstić information content (AvgIpc) is 2.43. The molecule has 128 valence electrons. The minimum Gasteiger partial charge on any atom is -0.254 e. The topological polar surface area (TPSA) is 43.4 Å². The van der Waals surface area contributed by atoms with Crippen molar-refractivity contribution in [1.82, 2.24) is 0 Å². The maximum atomic E-state index is 11.4. The molecule has 0 saturated heterocycles. The Labute approximate surface area is 142 Å². The zero-order valence-electron chi connectivity index (χ0n) is 14.8. The van der Waals surface area contributed by atoms with Crippen LogP contribution in [0.15, 0.2) is 30.3 Å². The van der Waals surface area contributed by atoms with Crippen molar-refractivity contribution in [2.24, 2.45) is 0 Å². The van der Waals surface area contributed by atoms with E-state index in [1.165, 1.54) is 5.56 Å². The first-order valence-electron chi connectivity index (χ1n) is 8.07. The molecule has 3 nitrogen and oxygen atoms in total. The highest BCUT2D eigenvalue weighted by atomic mass is 32.2. The Morgan fingerprint density at radius 2 is 1.74 bits per heavy atom. The summed E-state index contributed by atoms with van der Waals surface area (Å²) in [7, 11) is -5.06. The third kappa shape index (κ3) is 7.82. The van der Waals surface area contributed by atoms with Crippen molar-refractivity contribution in [3.8, 4) is 11.8 Å². The number of hydrogen-bond donors (Lipinski definition) is 0. The van der Waals surface area contributed by atoms with Crippen molar-refractivity contribution in [3.05, 3.63) is 35.9 Å². The van der Waals surface area contributed by atoms with Crippen molar-refractivity contribution >= 4 is 18.2 Å². The molecule has 0 aliphatic rings. The van der Waals surface area contributed by atoms with E-state index in [1.54, 1.807) is 0 Å². The van der Waals surface area contributed by atoms with Gasteiger partial charge in [0.05, 0.1) is 14.3 Å². The summed E-state index contributed by atoms with van der Waals surface area (Å²) in [5.74, 6) is 6.43. The molecule has 0 saturated carbocycles. The lowest BCUT2D eigenvalue weighted by atomic mass is 10.1. The molecule has 1 rings (SSSR count). The van der Waals surface area contributed by atoms with Crippen LogP contribution in [0.4, 0.5) is 0 Å². The first-order valence-corrected chi connectivity index (χ1v) is 13.5. The van der Waals surface area contributed by atoms with Crippen molar-refractivity contribution in [2.45, 2.75) is 57.5 Å². The molecule has 0 spiro atoms. The largest absolute Gasteiger partial charge is 0.265 e. The van der Waals surface area contributed by atoms with Gasteiger partial charge in [-0.2, -0.15) is 8.42 Å². The van der Waals surface area contributed by atoms with E-state index >= 15 is 0 Å². The molecule has 0 bridgehead atoms. The highest BCUT2D eigenvalue weighted by molar-refractivity contribution is 7.86. The first kappa shape index (κ1) is 20.0. The van der Waals surface area contributed by atoms with E-state index in [1.807, 2.05) is 18.2 Å². The van der Waals surface area contributed by atoms with E-state index in [-0.39, 0.29) is 5.54 Å². The molecule has 0 heterocycles. The Kier molecular flexibility index (Phi) is 7.52. The molecule has 0 amide bonds. The molecule has 5 heteroatoms. The molecule has 0 aliphatic carbocycles. The molecule has 0 N–H and O–H groups in total. The third-order valence-corrected chi connectivity index (χ3v) is 6.29. The minimum absolute atomic E-state index is 0.163. The van der Waals surface area contributed by atoms with Crippen LogP contribution in [0.1, 0.15) is 37.3 Å². The minimum atomic E-state index is -3.49. The first-order chi connectivity index (χ1) is 10.6. The summed E-state index contributed by atoms with van der Waals surface area (Å²) in [6.45, 7) is 8.90. The van der Waals surface area contributed by atoms with Crippen molar-refractivity contribution in [1.29, 1.82) is 0 Å². The second kappa shape index (κ2) is 8.67. The van der Waals surface area contributed by atoms with Crippen LogP contribution in [0, 0.1) is 11.8 Å². The highest BCUT2D eigenvalue weighted by Crippen LogP contribution is 2.26. The molecule has 0 radical (unpaired) electrons. The molecule has 1 aromatic carbocycles. The van der Waals surface area contributed by atoms with Gasteiger partial charge in [-0.25, -0.2) is 0 Å². The van der Waals surface area contributed by atoms with Gasteiger partial charge in [0.1, 0.15) is 6.10 Å². The van der Waals surface area contributed by atoms with Crippen LogP contribution in [0.3, 0.4) is 0 Å². The summed E-state index contributed by atoms with van der Waals surface area (Å²) >= 11 is 0. The Hall–Kier alpha value is -1.09. The summed E-state index contributed by atoms with van der Waals surface area (Å²) in [4.78, 5) is 0. The Bertz CT molecular complexity index is 636. The van der Waals surface area contributed by atoms with E-state index in [4.69, 9.17) is 4.18 Å². The molecule has 0 fully saturated rings. The standard InChI is InChI=1S/C18H28O3SSi/c1-6-7-13-17(21-22(2,19)20)14-15-18(23(3,4)5)16-11-9-8-10-12-16/h8-12,17-18H,6-7,13H2,1-5H3. The lowest BCUT2D eigenvalue weighted by Crippen LogP contribution is -2.30. The van der Waals surface area contributed by atoms with E-state index in [2.05, 4.69) is 50.5 Å². The highest BCUT2D eigenvalue weighted by Gasteiger charge is 2.26. The van der Waals surface area contributed by atoms with Crippen LogP contribution >= 0.6 is 0 Å². The van der Waals surface area contributed by atoms with Crippen LogP contribution in [-0.4, -0.2) is 28.9 Å². The summed E-state index contributed by atoms with van der Waals surface area (Å²) in [5.41, 5.74) is 1.36. The van der Waals surface area contributed by atoms with Crippen LogP contribution in [0.25, 0.3) is 0 Å². The second-order valence-corrected chi connectivity index (χ2v) is 13.8. The van der Waals surface area contributed by atoms with Gasteiger partial charge in [-0.3, -0.25) is 4.18 Å². The molecule has 23 heavy (non-hydrogen) atoms. The maximum Gasteiger partial charge on any atom is 0.265 e. The predicted molar refractivity (Wildman–Crippen MR) is 99.5 cm³/mol. The van der Waals surface area contributed by atoms with E-state index in [9.17, 15) is 8.42 Å². The fourth-order valence-electron chi connectivity index (χ4n) is 2.37. The van der Waals surface area contributed by atoms with Crippen molar-refractivity contribution in [3.63, 3.8) is 0 Å². The number of rotatable bonds is 7. The van der Waals surface area contributed by atoms with Gasteiger partial charge < -0.3 is 0 Å². The van der Waals surface area contributed by atoms with Crippen LogP contribution < -0.4 is 0 Å². The molecule has 0 aromatic heterocycles. The summed E-state index contributed by atoms with van der Waals surface area (Å²) in [5, 5.41) is 0. The number of hydrogen-bond acceptors (Lipinski definition) is 3. The lowest BCUT2D eigenvalue weighted by Gasteiger charge is -2.25. The third-order valence-electron chi connectivity index (χ3n) is 3.50. The van der Waals surface area contributed by atoms with E-state index < -0.39 is 24.3 Å². The normalized spacial score (nSPS) is 14.7. The zero-order valence-corrected chi connectivity index (χ0v) is 16.6. The summed E-state index contributed by atoms with van der Waals surface area (Å²) in [6.07, 6.45) is 3.07. The average molecular weight is 353 g/mol. The fraction of sp³-hybridized carbons (Fsp3) is 0.556. The number of benzene rings is 1. The second-order valence-electron chi connectivity index (χ2n) is 6.93. The Balaban J connectivity index is 3.07. The van der Waals surface area contributed by atoms with Gasteiger partial charge in [0, 0.05) is 5.54 Å². The molecule has 2 atom stereocenters. The Morgan fingerprint density at radius 1 is 1.13 bits per heavy atom. The monoisotopic (exact) mass is 352 g/mol. The van der Waals surface area contributed by atoms with Gasteiger partial charge in [-0.1, -0.05) is 81.6 Å². The molecule has 1 aromatic rings. The van der Waals surface area contributed by atoms with Crippen LogP contribution in [0.5, 0.6) is 0 Å². The predicted octanol–water partition coefficient (Wildman–Crippen LogP) is 4.19. The van der Waals surface area contributed by atoms with Crippen molar-refractivity contribution < 1.29 is 12.6 Å². The van der Waals surface area contributed by atoms with Crippen LogP contribution in [-0.2, 0) is 14.3 Å². The molecular formula is C18H28O3SSi. The number of unbranched alkanes of at least 4 members (excludes halogenated alkanes) is 1. The molecular weight excluding hydrogens is 324 g/mol. The van der Waals surface area contributed by atoms with Gasteiger partial charge in [-0.05, 0) is 12.0 Å².